The van der Waals surface area contributed by atoms with Gasteiger partial charge in [-0.3, -0.25) is 0 Å². The maximum atomic E-state index is 6.40. The third-order valence-electron chi connectivity index (χ3n) is 14.5. The van der Waals surface area contributed by atoms with Gasteiger partial charge >= 0.3 is 0 Å². The molecule has 6 heterocycles. The van der Waals surface area contributed by atoms with Crippen molar-refractivity contribution in [2.75, 3.05) is 0 Å². The fourth-order valence-electron chi connectivity index (χ4n) is 11.0. The van der Waals surface area contributed by atoms with E-state index in [2.05, 4.69) is 220 Å². The molecule has 8 nitrogen and oxygen atoms in total. The summed E-state index contributed by atoms with van der Waals surface area (Å²) in [6.07, 6.45) is 0. The number of fused-ring (bicyclic) bond motifs is 12. The van der Waals surface area contributed by atoms with Gasteiger partial charge < -0.3 is 18.0 Å². The number of rotatable bonds is 6. The van der Waals surface area contributed by atoms with Crippen molar-refractivity contribution < 1.29 is 8.83 Å². The predicted octanol–water partition coefficient (Wildman–Crippen LogP) is 18.2. The van der Waals surface area contributed by atoms with Gasteiger partial charge in [0.2, 0.25) is 0 Å². The lowest BCUT2D eigenvalue weighted by atomic mass is 10.1. The van der Waals surface area contributed by atoms with Crippen LogP contribution in [0, 0.1) is 3.57 Å². The number of furan rings is 2. The Hall–Kier alpha value is -9.71. The Morgan fingerprint density at radius 1 is 0.299 bits per heavy atom. The molecule has 362 valence electrons. The van der Waals surface area contributed by atoms with Crippen LogP contribution in [0.3, 0.4) is 0 Å². The van der Waals surface area contributed by atoms with Crippen molar-refractivity contribution >= 4 is 110 Å². The molecule has 6 aromatic heterocycles. The Morgan fingerprint density at radius 3 is 1.17 bits per heavy atom. The first-order valence-corrected chi connectivity index (χ1v) is 26.6. The van der Waals surface area contributed by atoms with E-state index in [4.69, 9.17) is 28.8 Å². The number of aromatic nitrogens is 6. The van der Waals surface area contributed by atoms with Crippen LogP contribution in [-0.4, -0.2) is 29.1 Å². The molecule has 0 radical (unpaired) electrons. The predicted molar refractivity (Wildman–Crippen MR) is 322 cm³/mol. The third kappa shape index (κ3) is 7.49. The van der Waals surface area contributed by atoms with Crippen LogP contribution < -0.4 is 0 Å². The Kier molecular flexibility index (Phi) is 10.6. The maximum absolute atomic E-state index is 6.40. The van der Waals surface area contributed by atoms with E-state index in [0.29, 0.717) is 22.8 Å². The molecule has 0 N–H and O–H groups in total. The number of nitrogens with zero attached hydrogens (tertiary/aromatic N) is 6. The van der Waals surface area contributed by atoms with Gasteiger partial charge in [0.1, 0.15) is 28.0 Å². The summed E-state index contributed by atoms with van der Waals surface area (Å²) >= 11 is 2.32. The monoisotopic (exact) mass is 1100 g/mol. The first kappa shape index (κ1) is 44.7. The molecule has 16 aromatic rings. The zero-order valence-corrected chi connectivity index (χ0v) is 43.2. The second kappa shape index (κ2) is 18.3. The highest BCUT2D eigenvalue weighted by Crippen LogP contribution is 2.40. The summed E-state index contributed by atoms with van der Waals surface area (Å²) in [6.45, 7) is 0. The first-order chi connectivity index (χ1) is 38.1. The van der Waals surface area contributed by atoms with Gasteiger partial charge in [-0.2, -0.15) is 0 Å². The number of benzene rings is 10. The van der Waals surface area contributed by atoms with Crippen molar-refractivity contribution in [2.45, 2.75) is 0 Å². The van der Waals surface area contributed by atoms with E-state index < -0.39 is 0 Å². The Labute approximate surface area is 454 Å². The smallest absolute Gasteiger partial charge is 0.180 e. The van der Waals surface area contributed by atoms with Gasteiger partial charge in [-0.15, -0.1) is 0 Å². The topological polar surface area (TPSA) is 87.7 Å². The van der Waals surface area contributed by atoms with E-state index in [1.54, 1.807) is 0 Å². The van der Waals surface area contributed by atoms with Crippen LogP contribution in [0.2, 0.25) is 0 Å². The van der Waals surface area contributed by atoms with E-state index >= 15 is 0 Å². The normalized spacial score (nSPS) is 11.7. The molecule has 0 aliphatic rings. The minimum Gasteiger partial charge on any atom is -0.452 e. The van der Waals surface area contributed by atoms with E-state index in [-0.39, 0.29) is 0 Å². The van der Waals surface area contributed by atoms with Crippen molar-refractivity contribution in [3.8, 4) is 56.7 Å². The van der Waals surface area contributed by atoms with Gasteiger partial charge in [-0.25, -0.2) is 19.9 Å². The quantitative estimate of drug-likeness (QED) is 0.154. The zero-order valence-electron chi connectivity index (χ0n) is 41.0. The molecule has 0 saturated carbocycles. The molecule has 16 rings (SSSR count). The number of hydrogen-bond donors (Lipinski definition) is 0. The molecule has 10 aromatic carbocycles. The molecule has 0 fully saturated rings. The summed E-state index contributed by atoms with van der Waals surface area (Å²) < 4.78 is 18.4. The van der Waals surface area contributed by atoms with Crippen molar-refractivity contribution in [3.63, 3.8) is 0 Å². The summed E-state index contributed by atoms with van der Waals surface area (Å²) in [7, 11) is 0. The van der Waals surface area contributed by atoms with Crippen molar-refractivity contribution in [2.24, 2.45) is 0 Å². The maximum Gasteiger partial charge on any atom is 0.180 e. The number of para-hydroxylation sites is 6. The summed E-state index contributed by atoms with van der Waals surface area (Å²) in [5.41, 5.74) is 17.1. The van der Waals surface area contributed by atoms with Gasteiger partial charge in [-0.05, 0) is 95.4 Å². The highest BCUT2D eigenvalue weighted by molar-refractivity contribution is 14.1. The highest BCUT2D eigenvalue weighted by Gasteiger charge is 2.22. The van der Waals surface area contributed by atoms with Crippen LogP contribution in [0.25, 0.3) is 144 Å². The van der Waals surface area contributed by atoms with Gasteiger partial charge in [0.05, 0.1) is 25.6 Å². The molecular formula is C68H41IN6O2. The van der Waals surface area contributed by atoms with E-state index in [9.17, 15) is 0 Å². The van der Waals surface area contributed by atoms with Crippen LogP contribution in [0.1, 0.15) is 0 Å². The van der Waals surface area contributed by atoms with Gasteiger partial charge in [0.25, 0.3) is 0 Å². The standard InChI is InChI=1S/C34H20IN3O.C34H21N3O/c35-27-17-9-16-26-31-33(39-32(26)27)30(21-10-2-1-3-11-21)36-34(37-31)22-12-8-13-23(20-22)38-28-18-6-4-14-24(28)25-15-5-7-19-29(25)38;1-2-11-22(12-3-1)31-33-32(27-17-6-9-20-30(27)38-33)36-34(35-31)23-13-10-14-24(21-23)37-28-18-7-4-15-25(28)26-16-5-8-19-29(26)37/h1-20H;1-21H. The number of hydrogen-bond acceptors (Lipinski definition) is 6. The lowest BCUT2D eigenvalue weighted by Crippen LogP contribution is -1.97. The minimum atomic E-state index is 0.672. The minimum absolute atomic E-state index is 0.672. The zero-order chi connectivity index (χ0) is 51.0. The first-order valence-electron chi connectivity index (χ1n) is 25.5. The molecule has 0 saturated heterocycles. The molecule has 9 heteroatoms. The van der Waals surface area contributed by atoms with Crippen LogP contribution in [-0.2, 0) is 0 Å². The molecule has 77 heavy (non-hydrogen) atoms. The van der Waals surface area contributed by atoms with Crippen LogP contribution >= 0.6 is 22.6 Å². The van der Waals surface area contributed by atoms with Crippen molar-refractivity contribution in [1.29, 1.82) is 0 Å². The van der Waals surface area contributed by atoms with Gasteiger partial charge in [0, 0.05) is 65.9 Å². The van der Waals surface area contributed by atoms with Crippen LogP contribution in [0.4, 0.5) is 0 Å². The average Bonchev–Trinajstić information content (AvgIpc) is 4.26. The fourth-order valence-corrected chi connectivity index (χ4v) is 11.6. The second-order valence-electron chi connectivity index (χ2n) is 19.0. The lowest BCUT2D eigenvalue weighted by Gasteiger charge is -2.11. The highest BCUT2D eigenvalue weighted by atomic mass is 127. The summed E-state index contributed by atoms with van der Waals surface area (Å²) in [5, 5.41) is 6.94. The molecule has 0 atom stereocenters. The van der Waals surface area contributed by atoms with Crippen molar-refractivity contribution in [3.05, 3.63) is 252 Å². The van der Waals surface area contributed by atoms with E-state index in [1.165, 1.54) is 43.6 Å². The Bertz CT molecular complexity index is 4850. The fraction of sp³-hybridized carbons (Fsp3) is 0. The summed E-state index contributed by atoms with van der Waals surface area (Å²) in [5.74, 6) is 1.34. The molecule has 0 bridgehead atoms. The Balaban J connectivity index is 0.000000134. The summed E-state index contributed by atoms with van der Waals surface area (Å²) in [4.78, 5) is 20.3. The lowest BCUT2D eigenvalue weighted by molar-refractivity contribution is 0.665. The average molecular weight is 1100 g/mol. The van der Waals surface area contributed by atoms with Gasteiger partial charge in [0.15, 0.2) is 28.4 Å². The third-order valence-corrected chi connectivity index (χ3v) is 15.3. The second-order valence-corrected chi connectivity index (χ2v) is 20.2. The molecular weight excluding hydrogens is 1060 g/mol. The molecule has 0 aliphatic heterocycles. The largest absolute Gasteiger partial charge is 0.452 e. The Morgan fingerprint density at radius 2 is 0.675 bits per heavy atom. The van der Waals surface area contributed by atoms with Gasteiger partial charge in [-0.1, -0.05) is 176 Å². The van der Waals surface area contributed by atoms with Crippen molar-refractivity contribution in [1.82, 2.24) is 29.1 Å². The molecule has 0 unspecified atom stereocenters. The van der Waals surface area contributed by atoms with E-state index in [0.717, 1.165) is 81.6 Å². The molecule has 0 amide bonds. The number of halogens is 1. The SMILES string of the molecule is Ic1cccc2c1oc1c(-c3ccccc3)nc(-c3cccc(-n4c5ccccc5c5ccccc54)c3)nc12.c1ccc(-c2nc(-c3cccc(-n4c5ccccc5c5ccccc54)c3)nc3c2oc2ccccc23)cc1. The molecule has 0 aliphatic carbocycles. The van der Waals surface area contributed by atoms with Crippen LogP contribution in [0.5, 0.6) is 0 Å². The molecule has 0 spiro atoms. The summed E-state index contributed by atoms with van der Waals surface area (Å²) in [6, 6.07) is 85.8. The van der Waals surface area contributed by atoms with Crippen LogP contribution in [0.15, 0.2) is 258 Å². The van der Waals surface area contributed by atoms with E-state index in [1.807, 2.05) is 60.7 Å².